The second kappa shape index (κ2) is 26.5. The fraction of sp³-hybridized carbons (Fsp3) is 0.882. The van der Waals surface area contributed by atoms with Gasteiger partial charge in [-0.25, -0.2) is 9.59 Å². The summed E-state index contributed by atoms with van der Waals surface area (Å²) < 4.78 is 76.8. The molecule has 0 rings (SSSR count). The molecule has 0 amide bonds. The maximum atomic E-state index is 12.5. The first-order valence-electron chi connectivity index (χ1n) is 17.8. The van der Waals surface area contributed by atoms with Gasteiger partial charge in [0.25, 0.3) is 20.2 Å². The number of carbonyl (C=O) groups is 2. The molecule has 10 nitrogen and oxygen atoms in total. The topological polar surface area (TPSA) is 161 Å². The van der Waals surface area contributed by atoms with Crippen LogP contribution in [0.5, 0.6) is 0 Å². The van der Waals surface area contributed by atoms with Gasteiger partial charge in [0, 0.05) is 12.2 Å². The number of rotatable bonds is 30. The van der Waals surface area contributed by atoms with Crippen LogP contribution in [0.4, 0.5) is 0 Å². The average molecular weight is 697 g/mol. The predicted molar refractivity (Wildman–Crippen MR) is 184 cm³/mol. The molecule has 0 saturated carbocycles. The third-order valence-corrected chi connectivity index (χ3v) is 11.0. The second-order valence-electron chi connectivity index (χ2n) is 12.7. The molecule has 0 aromatic carbocycles. The maximum Gasteiger partial charge on any atom is 0.331 e. The summed E-state index contributed by atoms with van der Waals surface area (Å²) in [5.74, 6) is -1.97. The summed E-state index contributed by atoms with van der Waals surface area (Å²) in [7, 11) is -8.95. The Kier molecular flexibility index (Phi) is 25.6. The van der Waals surface area contributed by atoms with Gasteiger partial charge in [-0.05, 0) is 39.5 Å². The van der Waals surface area contributed by atoms with Gasteiger partial charge in [-0.2, -0.15) is 16.8 Å². The minimum Gasteiger partial charge on any atom is -0.458 e. The highest BCUT2D eigenvalue weighted by molar-refractivity contribution is 7.86. The fourth-order valence-electron chi connectivity index (χ4n) is 5.34. The molecular weight excluding hydrogens is 632 g/mol. The zero-order chi connectivity index (χ0) is 34.8. The smallest absolute Gasteiger partial charge is 0.331 e. The van der Waals surface area contributed by atoms with E-state index in [2.05, 4.69) is 13.8 Å². The van der Waals surface area contributed by atoms with Gasteiger partial charge in [0.15, 0.2) is 0 Å². The van der Waals surface area contributed by atoms with E-state index in [-0.39, 0.29) is 12.8 Å². The molecule has 0 aliphatic rings. The molecule has 0 aliphatic heterocycles. The summed E-state index contributed by atoms with van der Waals surface area (Å²) in [6, 6.07) is 0. The lowest BCUT2D eigenvalue weighted by Crippen LogP contribution is -2.35. The van der Waals surface area contributed by atoms with E-state index in [1.54, 1.807) is 0 Å². The Morgan fingerprint density at radius 1 is 0.500 bits per heavy atom. The average Bonchev–Trinajstić information content (AvgIpc) is 2.99. The van der Waals surface area contributed by atoms with Crippen molar-refractivity contribution in [3.8, 4) is 0 Å². The summed E-state index contributed by atoms with van der Waals surface area (Å²) in [6.45, 7) is 6.89. The van der Waals surface area contributed by atoms with Gasteiger partial charge in [0.05, 0.1) is 0 Å². The minimum atomic E-state index is -4.48. The standard InChI is InChI=1S/C34H64O10S2/c1-5-7-9-11-13-15-17-19-21-23-25-31(29(3)45(37,38)39)43-33(35)27-28-34(36)44-32(30(4)46(40,41)42)26-24-22-20-18-16-14-12-10-8-6-2/h27-32H,5-26H2,1-4H3,(H,37,38,39)(H,40,41,42)/b28-27-. The van der Waals surface area contributed by atoms with Gasteiger partial charge in [0.2, 0.25) is 0 Å². The Balaban J connectivity index is 4.87. The third-order valence-electron chi connectivity index (χ3n) is 8.56. The Labute approximate surface area is 280 Å². The summed E-state index contributed by atoms with van der Waals surface area (Å²) in [5.41, 5.74) is 0. The zero-order valence-electron chi connectivity index (χ0n) is 29.0. The van der Waals surface area contributed by atoms with E-state index in [9.17, 15) is 35.5 Å². The third kappa shape index (κ3) is 23.8. The molecule has 272 valence electrons. The van der Waals surface area contributed by atoms with Crippen LogP contribution in [-0.4, -0.2) is 60.6 Å². The number of hydrogen-bond donors (Lipinski definition) is 2. The highest BCUT2D eigenvalue weighted by Gasteiger charge is 2.31. The van der Waals surface area contributed by atoms with E-state index >= 15 is 0 Å². The molecule has 0 heterocycles. The first-order chi connectivity index (χ1) is 21.7. The van der Waals surface area contributed by atoms with Crippen LogP contribution >= 0.6 is 0 Å². The lowest BCUT2D eigenvalue weighted by atomic mass is 10.0. The molecule has 0 aromatic heterocycles. The molecule has 0 saturated heterocycles. The van der Waals surface area contributed by atoms with E-state index in [0.29, 0.717) is 12.8 Å². The molecule has 12 heteroatoms. The Morgan fingerprint density at radius 3 is 0.978 bits per heavy atom. The lowest BCUT2D eigenvalue weighted by Gasteiger charge is -2.22. The lowest BCUT2D eigenvalue weighted by molar-refractivity contribution is -0.146. The number of hydrogen-bond acceptors (Lipinski definition) is 8. The van der Waals surface area contributed by atoms with Crippen molar-refractivity contribution in [2.45, 2.75) is 192 Å². The predicted octanol–water partition coefficient (Wildman–Crippen LogP) is 8.54. The van der Waals surface area contributed by atoms with Crippen LogP contribution in [0.3, 0.4) is 0 Å². The van der Waals surface area contributed by atoms with Crippen molar-refractivity contribution < 1.29 is 45.0 Å². The summed E-state index contributed by atoms with van der Waals surface area (Å²) in [4.78, 5) is 25.0. The van der Waals surface area contributed by atoms with Gasteiger partial charge >= 0.3 is 11.9 Å². The molecule has 4 unspecified atom stereocenters. The summed E-state index contributed by atoms with van der Waals surface area (Å²) in [6.07, 6.45) is 21.4. The van der Waals surface area contributed by atoms with Crippen molar-refractivity contribution in [2.24, 2.45) is 0 Å². The van der Waals surface area contributed by atoms with E-state index in [1.807, 2.05) is 0 Å². The van der Waals surface area contributed by atoms with Crippen LogP contribution in [-0.2, 0) is 39.3 Å². The first-order valence-corrected chi connectivity index (χ1v) is 20.8. The van der Waals surface area contributed by atoms with Crippen LogP contribution < -0.4 is 0 Å². The molecule has 0 aliphatic carbocycles. The Bertz CT molecular complexity index is 958. The van der Waals surface area contributed by atoms with E-state index in [4.69, 9.17) is 9.47 Å². The number of esters is 2. The van der Waals surface area contributed by atoms with E-state index in [1.165, 1.54) is 78.1 Å². The van der Waals surface area contributed by atoms with Gasteiger partial charge < -0.3 is 9.47 Å². The number of ether oxygens (including phenoxy) is 2. The highest BCUT2D eigenvalue weighted by atomic mass is 32.2. The maximum absolute atomic E-state index is 12.5. The molecule has 0 bridgehead atoms. The van der Waals surface area contributed by atoms with Crippen molar-refractivity contribution in [1.82, 2.24) is 0 Å². The fourth-order valence-corrected chi connectivity index (χ4v) is 6.49. The van der Waals surface area contributed by atoms with Crippen LogP contribution in [0.15, 0.2) is 12.2 Å². The second-order valence-corrected chi connectivity index (χ2v) is 16.2. The zero-order valence-corrected chi connectivity index (χ0v) is 30.6. The molecular formula is C34H64O10S2. The molecule has 46 heavy (non-hydrogen) atoms. The van der Waals surface area contributed by atoms with Crippen molar-refractivity contribution in [1.29, 1.82) is 0 Å². The van der Waals surface area contributed by atoms with Crippen molar-refractivity contribution in [3.05, 3.63) is 12.2 Å². The molecule has 4 atom stereocenters. The van der Waals surface area contributed by atoms with Crippen LogP contribution in [0.2, 0.25) is 0 Å². The van der Waals surface area contributed by atoms with Gasteiger partial charge in [-0.3, -0.25) is 9.11 Å². The summed E-state index contributed by atoms with van der Waals surface area (Å²) in [5, 5.41) is -2.70. The molecule has 0 radical (unpaired) electrons. The van der Waals surface area contributed by atoms with Crippen LogP contribution in [0.1, 0.15) is 169 Å². The number of carbonyl (C=O) groups excluding carboxylic acids is 2. The van der Waals surface area contributed by atoms with Gasteiger partial charge in [-0.1, -0.05) is 129 Å². The number of unbranched alkanes of at least 4 members (excludes halogenated alkanes) is 18. The Hall–Kier alpha value is -1.50. The van der Waals surface area contributed by atoms with Gasteiger partial charge in [0.1, 0.15) is 22.7 Å². The highest BCUT2D eigenvalue weighted by Crippen LogP contribution is 2.20. The first kappa shape index (κ1) is 44.5. The van der Waals surface area contributed by atoms with Crippen molar-refractivity contribution >= 4 is 32.2 Å². The SMILES string of the molecule is CCCCCCCCCCCCC(OC(=O)/C=C\C(=O)OC(CCCCCCCCCCCC)C(C)S(=O)(=O)O)C(C)S(=O)(=O)O. The normalized spacial score (nSPS) is 15.0. The summed E-state index contributed by atoms with van der Waals surface area (Å²) >= 11 is 0. The van der Waals surface area contributed by atoms with Crippen molar-refractivity contribution in [3.63, 3.8) is 0 Å². The largest absolute Gasteiger partial charge is 0.458 e. The monoisotopic (exact) mass is 696 g/mol. The molecule has 0 aromatic rings. The van der Waals surface area contributed by atoms with E-state index in [0.717, 1.165) is 63.5 Å². The van der Waals surface area contributed by atoms with E-state index < -0.39 is 54.9 Å². The minimum absolute atomic E-state index is 0.230. The van der Waals surface area contributed by atoms with Crippen molar-refractivity contribution in [2.75, 3.05) is 0 Å². The van der Waals surface area contributed by atoms with Gasteiger partial charge in [-0.15, -0.1) is 0 Å². The molecule has 0 fully saturated rings. The Morgan fingerprint density at radius 2 is 0.739 bits per heavy atom. The molecule has 2 N–H and O–H groups in total. The molecule has 0 spiro atoms. The van der Waals surface area contributed by atoms with Crippen LogP contribution in [0, 0.1) is 0 Å². The quantitative estimate of drug-likeness (QED) is 0.0322. The van der Waals surface area contributed by atoms with Crippen LogP contribution in [0.25, 0.3) is 0 Å².